The van der Waals surface area contributed by atoms with Crippen LogP contribution in [0.4, 0.5) is 0 Å². The summed E-state index contributed by atoms with van der Waals surface area (Å²) in [6.45, 7) is 2.50. The van der Waals surface area contributed by atoms with Crippen molar-refractivity contribution >= 4 is 32.1 Å². The summed E-state index contributed by atoms with van der Waals surface area (Å²) in [4.78, 5) is 1.00. The lowest BCUT2D eigenvalue weighted by Gasteiger charge is -2.21. The Bertz CT molecular complexity index is 670. The summed E-state index contributed by atoms with van der Waals surface area (Å²) in [6, 6.07) is 12.4. The van der Waals surface area contributed by atoms with Gasteiger partial charge in [-0.2, -0.15) is 0 Å². The van der Waals surface area contributed by atoms with E-state index in [1.807, 2.05) is 0 Å². The Morgan fingerprint density at radius 2 is 1.90 bits per heavy atom. The molecule has 0 spiro atoms. The van der Waals surface area contributed by atoms with Gasteiger partial charge in [0.15, 0.2) is 0 Å². The van der Waals surface area contributed by atoms with Crippen LogP contribution in [0.2, 0.25) is 0 Å². The van der Waals surface area contributed by atoms with Crippen molar-refractivity contribution < 1.29 is 5.11 Å². The van der Waals surface area contributed by atoms with Crippen molar-refractivity contribution in [2.45, 2.75) is 18.9 Å². The first kappa shape index (κ1) is 13.8. The highest BCUT2D eigenvalue weighted by Gasteiger charge is 2.23. The molecule has 0 amide bonds. The molecule has 2 heterocycles. The third kappa shape index (κ3) is 2.52. The van der Waals surface area contributed by atoms with Gasteiger partial charge in [0, 0.05) is 26.7 Å². The molecule has 0 fully saturated rings. The van der Waals surface area contributed by atoms with Crippen molar-refractivity contribution in [1.82, 2.24) is 0 Å². The molecule has 3 aromatic rings. The summed E-state index contributed by atoms with van der Waals surface area (Å²) < 4.78 is 2.48. The minimum absolute atomic E-state index is 0.0524. The molecule has 104 valence electrons. The second kappa shape index (κ2) is 5.66. The Hall–Kier alpha value is -1.20. The van der Waals surface area contributed by atoms with Crippen molar-refractivity contribution in [2.75, 3.05) is 6.54 Å². The van der Waals surface area contributed by atoms with E-state index in [-0.39, 0.29) is 5.92 Å². The number of thiophene rings is 2. The van der Waals surface area contributed by atoms with E-state index in [4.69, 9.17) is 5.73 Å². The van der Waals surface area contributed by atoms with E-state index in [9.17, 15) is 5.11 Å². The Balaban J connectivity index is 1.91. The summed E-state index contributed by atoms with van der Waals surface area (Å²) in [5.74, 6) is -0.0524. The number of hydrogen-bond acceptors (Lipinski definition) is 4. The molecule has 0 saturated carbocycles. The molecule has 2 aromatic heterocycles. The van der Waals surface area contributed by atoms with Gasteiger partial charge in [-0.05, 0) is 30.0 Å². The normalized spacial score (nSPS) is 14.6. The summed E-state index contributed by atoms with van der Waals surface area (Å²) in [5.41, 5.74) is 8.22. The molecule has 0 aliphatic carbocycles. The maximum atomic E-state index is 10.7. The SMILES string of the molecule is Cc1ccc(C(CN)C(O)c2cc3sccc3s2)cc1. The highest BCUT2D eigenvalue weighted by atomic mass is 32.1. The molecule has 3 rings (SSSR count). The molecule has 0 bridgehead atoms. The average Bonchev–Trinajstić information content (AvgIpc) is 3.02. The van der Waals surface area contributed by atoms with Gasteiger partial charge in [0.25, 0.3) is 0 Å². The lowest BCUT2D eigenvalue weighted by Crippen LogP contribution is -2.19. The van der Waals surface area contributed by atoms with E-state index in [0.29, 0.717) is 6.54 Å². The van der Waals surface area contributed by atoms with Gasteiger partial charge in [-0.15, -0.1) is 22.7 Å². The number of hydrogen-bond donors (Lipinski definition) is 2. The van der Waals surface area contributed by atoms with Crippen LogP contribution in [0.3, 0.4) is 0 Å². The van der Waals surface area contributed by atoms with Crippen LogP contribution in [0.1, 0.15) is 28.0 Å². The van der Waals surface area contributed by atoms with Crippen molar-refractivity contribution in [2.24, 2.45) is 5.73 Å². The quantitative estimate of drug-likeness (QED) is 0.764. The third-order valence-corrected chi connectivity index (χ3v) is 5.75. The fourth-order valence-electron chi connectivity index (χ4n) is 2.39. The standard InChI is InChI=1S/C16H17NOS2/c1-10-2-4-11(5-3-10)12(9-17)16(18)15-8-14-13(20-15)6-7-19-14/h2-8,12,16,18H,9,17H2,1H3. The minimum atomic E-state index is -0.535. The van der Waals surface area contributed by atoms with Crippen LogP contribution in [-0.2, 0) is 0 Å². The molecule has 2 nitrogen and oxygen atoms in total. The summed E-state index contributed by atoms with van der Waals surface area (Å²) >= 11 is 3.37. The second-order valence-electron chi connectivity index (χ2n) is 5.00. The van der Waals surface area contributed by atoms with Gasteiger partial charge in [-0.1, -0.05) is 29.8 Å². The topological polar surface area (TPSA) is 46.2 Å². The van der Waals surface area contributed by atoms with E-state index in [1.54, 1.807) is 22.7 Å². The molecule has 0 aliphatic heterocycles. The zero-order chi connectivity index (χ0) is 14.1. The minimum Gasteiger partial charge on any atom is -0.387 e. The Morgan fingerprint density at radius 1 is 1.15 bits per heavy atom. The van der Waals surface area contributed by atoms with Gasteiger partial charge >= 0.3 is 0 Å². The van der Waals surface area contributed by atoms with Crippen LogP contribution < -0.4 is 5.73 Å². The van der Waals surface area contributed by atoms with Crippen molar-refractivity contribution in [3.63, 3.8) is 0 Å². The highest BCUT2D eigenvalue weighted by Crippen LogP contribution is 2.38. The van der Waals surface area contributed by atoms with Crippen molar-refractivity contribution in [3.8, 4) is 0 Å². The molecule has 2 unspecified atom stereocenters. The van der Waals surface area contributed by atoms with Crippen LogP contribution in [0.25, 0.3) is 9.40 Å². The Morgan fingerprint density at radius 3 is 2.55 bits per heavy atom. The predicted octanol–water partition coefficient (Wildman–Crippen LogP) is 4.05. The maximum Gasteiger partial charge on any atom is 0.0963 e. The largest absolute Gasteiger partial charge is 0.387 e. The Labute approximate surface area is 126 Å². The summed E-state index contributed by atoms with van der Waals surface area (Å²) in [6.07, 6.45) is -0.535. The van der Waals surface area contributed by atoms with Crippen molar-refractivity contribution in [3.05, 3.63) is 57.8 Å². The lowest BCUT2D eigenvalue weighted by atomic mass is 9.92. The molecule has 0 aliphatic rings. The zero-order valence-corrected chi connectivity index (χ0v) is 12.9. The number of nitrogens with two attached hydrogens (primary N) is 1. The van der Waals surface area contributed by atoms with E-state index >= 15 is 0 Å². The fourth-order valence-corrected chi connectivity index (χ4v) is 4.56. The first-order valence-electron chi connectivity index (χ1n) is 6.60. The van der Waals surface area contributed by atoms with Crippen LogP contribution in [-0.4, -0.2) is 11.7 Å². The molecule has 0 saturated heterocycles. The number of rotatable bonds is 4. The average molecular weight is 303 g/mol. The van der Waals surface area contributed by atoms with Gasteiger partial charge in [0.2, 0.25) is 0 Å². The second-order valence-corrected chi connectivity index (χ2v) is 7.06. The van der Waals surface area contributed by atoms with Gasteiger partial charge in [0.1, 0.15) is 0 Å². The third-order valence-electron chi connectivity index (χ3n) is 3.59. The van der Waals surface area contributed by atoms with E-state index in [2.05, 4.69) is 48.7 Å². The van der Waals surface area contributed by atoms with Gasteiger partial charge < -0.3 is 10.8 Å². The first-order chi connectivity index (χ1) is 9.69. The number of fused-ring (bicyclic) bond motifs is 1. The number of benzene rings is 1. The van der Waals surface area contributed by atoms with Crippen LogP contribution >= 0.6 is 22.7 Å². The molecule has 4 heteroatoms. The molecule has 2 atom stereocenters. The smallest absolute Gasteiger partial charge is 0.0963 e. The van der Waals surface area contributed by atoms with Crippen molar-refractivity contribution in [1.29, 1.82) is 0 Å². The summed E-state index contributed by atoms with van der Waals surface area (Å²) in [5, 5.41) is 12.7. The lowest BCUT2D eigenvalue weighted by molar-refractivity contribution is 0.151. The highest BCUT2D eigenvalue weighted by molar-refractivity contribution is 7.26. The molecule has 1 aromatic carbocycles. The maximum absolute atomic E-state index is 10.7. The van der Waals surface area contributed by atoms with E-state index in [0.717, 1.165) is 10.4 Å². The monoisotopic (exact) mass is 303 g/mol. The molecular weight excluding hydrogens is 286 g/mol. The number of aliphatic hydroxyl groups excluding tert-OH is 1. The van der Waals surface area contributed by atoms with Crippen LogP contribution in [0.15, 0.2) is 41.8 Å². The zero-order valence-electron chi connectivity index (χ0n) is 11.2. The number of aryl methyl sites for hydroxylation is 1. The molecule has 20 heavy (non-hydrogen) atoms. The van der Waals surface area contributed by atoms with Crippen LogP contribution in [0.5, 0.6) is 0 Å². The van der Waals surface area contributed by atoms with E-state index < -0.39 is 6.10 Å². The van der Waals surface area contributed by atoms with Gasteiger partial charge in [-0.25, -0.2) is 0 Å². The molecule has 0 radical (unpaired) electrons. The summed E-state index contributed by atoms with van der Waals surface area (Å²) in [7, 11) is 0. The number of aliphatic hydroxyl groups is 1. The Kier molecular flexibility index (Phi) is 3.89. The molecular formula is C16H17NOS2. The first-order valence-corrected chi connectivity index (χ1v) is 8.30. The predicted molar refractivity (Wildman–Crippen MR) is 87.6 cm³/mol. The molecule has 3 N–H and O–H groups in total. The van der Waals surface area contributed by atoms with Crippen LogP contribution in [0, 0.1) is 6.92 Å². The van der Waals surface area contributed by atoms with Gasteiger partial charge in [0.05, 0.1) is 6.10 Å². The fraction of sp³-hybridized carbons (Fsp3) is 0.250. The van der Waals surface area contributed by atoms with Gasteiger partial charge in [-0.3, -0.25) is 0 Å². The van der Waals surface area contributed by atoms with E-state index in [1.165, 1.54) is 15.0 Å².